The molecule has 0 amide bonds. The van der Waals surface area contributed by atoms with Gasteiger partial charge in [-0.2, -0.15) is 0 Å². The minimum atomic E-state index is -3.95. The highest BCUT2D eigenvalue weighted by atomic mass is 35.5. The number of hydrogen-bond donors (Lipinski definition) is 1. The summed E-state index contributed by atoms with van der Waals surface area (Å²) in [7, 11) is 1.76. The largest absolute Gasteiger partial charge is 0.481 e. The Labute approximate surface area is 257 Å². The Morgan fingerprint density at radius 2 is 1.86 bits per heavy atom. The number of sulfone groups is 1. The van der Waals surface area contributed by atoms with Crippen LogP contribution in [-0.2, 0) is 22.0 Å². The zero-order valence-corrected chi connectivity index (χ0v) is 26.7. The number of ether oxygens (including phenoxy) is 1. The molecule has 0 saturated heterocycles. The summed E-state index contributed by atoms with van der Waals surface area (Å²) in [6.07, 6.45) is 6.77. The summed E-state index contributed by atoms with van der Waals surface area (Å²) in [5.74, 6) is -0.690. The van der Waals surface area contributed by atoms with Gasteiger partial charge >= 0.3 is 0 Å². The fourth-order valence-electron chi connectivity index (χ4n) is 5.65. The van der Waals surface area contributed by atoms with Crippen molar-refractivity contribution in [1.82, 2.24) is 19.9 Å². The predicted molar refractivity (Wildman–Crippen MR) is 169 cm³/mol. The van der Waals surface area contributed by atoms with E-state index >= 15 is 4.39 Å². The molecule has 0 unspecified atom stereocenters. The molecule has 228 valence electrons. The molecule has 0 radical (unpaired) electrons. The van der Waals surface area contributed by atoms with E-state index in [-0.39, 0.29) is 27.0 Å². The highest BCUT2D eigenvalue weighted by molar-refractivity contribution is 7.90. The van der Waals surface area contributed by atoms with E-state index in [9.17, 15) is 8.42 Å². The molecule has 43 heavy (non-hydrogen) atoms. The molecule has 1 N–H and O–H groups in total. The van der Waals surface area contributed by atoms with Gasteiger partial charge in [-0.25, -0.2) is 27.8 Å². The Balaban J connectivity index is 1.43. The van der Waals surface area contributed by atoms with E-state index in [0.717, 1.165) is 42.1 Å². The molecule has 0 bridgehead atoms. The first-order valence-corrected chi connectivity index (χ1v) is 16.4. The highest BCUT2D eigenvalue weighted by Gasteiger charge is 2.33. The Morgan fingerprint density at radius 1 is 1.14 bits per heavy atom. The summed E-state index contributed by atoms with van der Waals surface area (Å²) >= 11 is 6.10. The zero-order valence-electron chi connectivity index (χ0n) is 25.1. The highest BCUT2D eigenvalue weighted by Crippen LogP contribution is 2.36. The molecule has 2 heterocycles. The lowest BCUT2D eigenvalue weighted by Gasteiger charge is -2.42. The fraction of sp³-hybridized carbons (Fsp3) is 0.406. The minimum absolute atomic E-state index is 0.0707. The van der Waals surface area contributed by atoms with Gasteiger partial charge in [-0.05, 0) is 94.6 Å². The average Bonchev–Trinajstić information content (AvgIpc) is 2.98. The number of nitrogens with one attached hydrogen (secondary N) is 1. The van der Waals surface area contributed by atoms with Crippen molar-refractivity contribution >= 4 is 38.3 Å². The Bertz CT molecular complexity index is 1760. The molecule has 0 atom stereocenters. The first-order valence-electron chi connectivity index (χ1n) is 14.4. The maximum Gasteiger partial charge on any atom is 0.223 e. The number of hydrogen-bond acceptors (Lipinski definition) is 8. The maximum atomic E-state index is 15.4. The van der Waals surface area contributed by atoms with Crippen molar-refractivity contribution in [2.24, 2.45) is 0 Å². The summed E-state index contributed by atoms with van der Waals surface area (Å²) < 4.78 is 47.0. The molecule has 4 aromatic rings. The van der Waals surface area contributed by atoms with E-state index in [1.807, 2.05) is 19.1 Å². The summed E-state index contributed by atoms with van der Waals surface area (Å²) in [5.41, 5.74) is 2.84. The van der Waals surface area contributed by atoms with Crippen molar-refractivity contribution in [3.63, 3.8) is 0 Å². The van der Waals surface area contributed by atoms with Crippen molar-refractivity contribution in [3.8, 4) is 17.0 Å². The second-order valence-electron chi connectivity index (χ2n) is 11.6. The smallest absolute Gasteiger partial charge is 0.223 e. The lowest BCUT2D eigenvalue weighted by atomic mass is 9.80. The quantitative estimate of drug-likeness (QED) is 0.219. The number of aromatic nitrogens is 3. The number of benzene rings is 2. The lowest BCUT2D eigenvalue weighted by molar-refractivity contribution is 0.116. The number of fused-ring (bicyclic) bond motifs is 1. The molecule has 1 aliphatic rings. The number of methoxy groups -OCH3 is 1. The van der Waals surface area contributed by atoms with Crippen molar-refractivity contribution in [3.05, 3.63) is 70.8 Å². The van der Waals surface area contributed by atoms with Crippen LogP contribution in [0.25, 0.3) is 22.0 Å². The van der Waals surface area contributed by atoms with Gasteiger partial charge in [0.25, 0.3) is 0 Å². The second kappa shape index (κ2) is 12.3. The van der Waals surface area contributed by atoms with E-state index in [2.05, 4.69) is 41.2 Å². The van der Waals surface area contributed by atoms with Gasteiger partial charge in [-0.1, -0.05) is 30.7 Å². The van der Waals surface area contributed by atoms with E-state index in [4.69, 9.17) is 21.3 Å². The van der Waals surface area contributed by atoms with Crippen molar-refractivity contribution in [2.75, 3.05) is 26.5 Å². The SMILES string of the molecule is CCc1cc(-c2cc(F)c(CS(=O)(=O)c3ccccc3Cl)nc2OC)cc2cnc(NC3CCC(C)(N(C)C)CC3)nc12. The Kier molecular flexibility index (Phi) is 8.92. The third-order valence-corrected chi connectivity index (χ3v) is 10.8. The van der Waals surface area contributed by atoms with Gasteiger partial charge in [-0.15, -0.1) is 0 Å². The average molecular weight is 626 g/mol. The van der Waals surface area contributed by atoms with Crippen LogP contribution in [0.5, 0.6) is 5.88 Å². The van der Waals surface area contributed by atoms with Crippen LogP contribution >= 0.6 is 11.6 Å². The van der Waals surface area contributed by atoms with Crippen LogP contribution in [0.15, 0.2) is 53.6 Å². The summed E-state index contributed by atoms with van der Waals surface area (Å²) in [4.78, 5) is 16.0. The van der Waals surface area contributed by atoms with E-state index in [0.29, 0.717) is 29.5 Å². The standard InChI is InChI=1S/C32H37ClFN5O3S/c1-6-20-15-21(16-22-18-35-31(38-29(20)22)36-23-11-13-32(2,14-12-23)39(3)4)24-17-26(34)27(37-30(24)42-5)19-43(40,41)28-10-8-7-9-25(28)33/h7-10,15-18,23H,6,11-14,19H2,1-5H3,(H,35,36,38). The molecule has 11 heteroatoms. The number of anilines is 1. The third kappa shape index (κ3) is 6.46. The molecule has 2 aromatic carbocycles. The summed E-state index contributed by atoms with van der Waals surface area (Å²) in [6.45, 7) is 4.35. The number of aryl methyl sites for hydroxylation is 1. The first-order chi connectivity index (χ1) is 20.4. The number of pyridine rings is 1. The van der Waals surface area contributed by atoms with E-state index in [1.165, 1.54) is 25.3 Å². The second-order valence-corrected chi connectivity index (χ2v) is 14.0. The van der Waals surface area contributed by atoms with Gasteiger partial charge in [0.15, 0.2) is 9.84 Å². The molecule has 0 aliphatic heterocycles. The van der Waals surface area contributed by atoms with Crippen LogP contribution in [0.2, 0.25) is 5.02 Å². The fourth-order valence-corrected chi connectivity index (χ4v) is 7.51. The Morgan fingerprint density at radius 3 is 2.51 bits per heavy atom. The summed E-state index contributed by atoms with van der Waals surface area (Å²) in [5, 5.41) is 4.41. The first kappa shape index (κ1) is 31.1. The predicted octanol–water partition coefficient (Wildman–Crippen LogP) is 6.70. The molecule has 0 spiro atoms. The van der Waals surface area contributed by atoms with Crippen LogP contribution in [0.3, 0.4) is 0 Å². The van der Waals surface area contributed by atoms with Gasteiger partial charge in [0.1, 0.15) is 11.6 Å². The number of halogens is 2. The van der Waals surface area contributed by atoms with Crippen LogP contribution in [0, 0.1) is 5.82 Å². The van der Waals surface area contributed by atoms with Crippen molar-refractivity contribution in [2.45, 2.75) is 68.2 Å². The van der Waals surface area contributed by atoms with E-state index in [1.54, 1.807) is 18.3 Å². The Hall–Kier alpha value is -3.34. The zero-order chi connectivity index (χ0) is 30.9. The van der Waals surface area contributed by atoms with Gasteiger partial charge in [0, 0.05) is 28.7 Å². The molecule has 1 fully saturated rings. The molecule has 1 aliphatic carbocycles. The maximum absolute atomic E-state index is 15.4. The van der Waals surface area contributed by atoms with Gasteiger partial charge in [-0.3, -0.25) is 0 Å². The van der Waals surface area contributed by atoms with Crippen molar-refractivity contribution in [1.29, 1.82) is 0 Å². The van der Waals surface area contributed by atoms with E-state index < -0.39 is 21.4 Å². The molecular weight excluding hydrogens is 589 g/mol. The molecular formula is C32H37ClFN5O3S. The topological polar surface area (TPSA) is 97.3 Å². The van der Waals surface area contributed by atoms with Crippen LogP contribution < -0.4 is 10.1 Å². The number of nitrogens with zero attached hydrogens (tertiary/aromatic N) is 4. The van der Waals surface area contributed by atoms with Crippen LogP contribution in [0.4, 0.5) is 10.3 Å². The minimum Gasteiger partial charge on any atom is -0.481 e. The third-order valence-electron chi connectivity index (χ3n) is 8.63. The molecule has 2 aromatic heterocycles. The lowest BCUT2D eigenvalue weighted by Crippen LogP contribution is -2.46. The van der Waals surface area contributed by atoms with Gasteiger partial charge < -0.3 is 15.0 Å². The monoisotopic (exact) mass is 625 g/mol. The number of rotatable bonds is 9. The van der Waals surface area contributed by atoms with Crippen molar-refractivity contribution < 1.29 is 17.5 Å². The van der Waals surface area contributed by atoms with Gasteiger partial charge in [0.05, 0.1) is 28.2 Å². The molecule has 8 nitrogen and oxygen atoms in total. The van der Waals surface area contributed by atoms with Gasteiger partial charge in [0.2, 0.25) is 11.8 Å². The van der Waals surface area contributed by atoms with Crippen LogP contribution in [0.1, 0.15) is 50.8 Å². The normalized spacial score (nSPS) is 19.1. The molecule has 1 saturated carbocycles. The molecule has 5 rings (SSSR count). The van der Waals surface area contributed by atoms with Crippen LogP contribution in [-0.4, -0.2) is 61.1 Å². The summed E-state index contributed by atoms with van der Waals surface area (Å²) in [6, 6.07) is 11.5.